The standard InChI is InChI=1S/C33H36N2O2S/c1-9-16(2)35-12-10-11-23-13-24-14-25(33(36)37-27(24)15-26(23)35)32-34-30-22(8)21(7)28-19(5)17(3)18(4)20(6)29(28)31(30)38-32/h13-16H,9-12H2,1-8H3. The molecule has 196 valence electrons. The van der Waals surface area contributed by atoms with Crippen molar-refractivity contribution in [3.8, 4) is 10.6 Å². The van der Waals surface area contributed by atoms with Crippen LogP contribution in [0.4, 0.5) is 5.69 Å². The minimum atomic E-state index is -0.319. The number of nitrogens with zero attached hydrogens (tertiary/aromatic N) is 2. The molecule has 2 aromatic heterocycles. The number of benzene rings is 3. The average molecular weight is 525 g/mol. The molecule has 0 saturated heterocycles. The van der Waals surface area contributed by atoms with Gasteiger partial charge in [0.05, 0.1) is 15.8 Å². The van der Waals surface area contributed by atoms with Gasteiger partial charge in [0.2, 0.25) is 0 Å². The van der Waals surface area contributed by atoms with Crippen LogP contribution in [0.1, 0.15) is 65.6 Å². The van der Waals surface area contributed by atoms with E-state index in [9.17, 15) is 4.79 Å². The monoisotopic (exact) mass is 524 g/mol. The summed E-state index contributed by atoms with van der Waals surface area (Å²) in [6.07, 6.45) is 3.28. The number of thiazole rings is 1. The maximum Gasteiger partial charge on any atom is 0.346 e. The van der Waals surface area contributed by atoms with Crippen LogP contribution in [0.5, 0.6) is 0 Å². The number of fused-ring (bicyclic) bond motifs is 5. The van der Waals surface area contributed by atoms with Crippen molar-refractivity contribution in [2.45, 2.75) is 80.7 Å². The second-order valence-electron chi connectivity index (χ2n) is 11.2. The van der Waals surface area contributed by atoms with Crippen LogP contribution in [0.3, 0.4) is 0 Å². The molecule has 1 unspecified atom stereocenters. The Kier molecular flexibility index (Phi) is 5.91. The van der Waals surface area contributed by atoms with Crippen LogP contribution in [0.25, 0.3) is 42.5 Å². The van der Waals surface area contributed by atoms with Gasteiger partial charge in [0.15, 0.2) is 0 Å². The van der Waals surface area contributed by atoms with E-state index < -0.39 is 0 Å². The predicted octanol–water partition coefficient (Wildman–Crippen LogP) is 8.62. The molecule has 5 heteroatoms. The van der Waals surface area contributed by atoms with Gasteiger partial charge < -0.3 is 9.32 Å². The van der Waals surface area contributed by atoms with Gasteiger partial charge >= 0.3 is 5.63 Å². The summed E-state index contributed by atoms with van der Waals surface area (Å²) in [5.41, 5.74) is 12.2. The number of hydrogen-bond donors (Lipinski definition) is 0. The van der Waals surface area contributed by atoms with Crippen LogP contribution < -0.4 is 10.5 Å². The lowest BCUT2D eigenvalue weighted by molar-refractivity contribution is 0.558. The van der Waals surface area contributed by atoms with Gasteiger partial charge in [0.25, 0.3) is 0 Å². The molecule has 0 bridgehead atoms. The lowest BCUT2D eigenvalue weighted by Gasteiger charge is -2.36. The van der Waals surface area contributed by atoms with E-state index in [1.165, 1.54) is 55.4 Å². The Morgan fingerprint density at radius 3 is 2.34 bits per heavy atom. The van der Waals surface area contributed by atoms with E-state index in [-0.39, 0.29) is 5.63 Å². The zero-order chi connectivity index (χ0) is 27.0. The molecule has 0 aliphatic carbocycles. The number of anilines is 1. The topological polar surface area (TPSA) is 46.3 Å². The Morgan fingerprint density at radius 1 is 0.947 bits per heavy atom. The quantitative estimate of drug-likeness (QED) is 0.222. The van der Waals surface area contributed by atoms with Crippen LogP contribution in [-0.2, 0) is 6.42 Å². The number of hydrogen-bond acceptors (Lipinski definition) is 5. The van der Waals surface area contributed by atoms with Crippen molar-refractivity contribution in [3.05, 3.63) is 67.6 Å². The highest BCUT2D eigenvalue weighted by atomic mass is 32.1. The number of aryl methyl sites for hydroxylation is 5. The van der Waals surface area contributed by atoms with Gasteiger partial charge in [-0.05, 0) is 124 Å². The van der Waals surface area contributed by atoms with Gasteiger partial charge in [-0.2, -0.15) is 0 Å². The summed E-state index contributed by atoms with van der Waals surface area (Å²) in [4.78, 5) is 20.9. The van der Waals surface area contributed by atoms with Gasteiger partial charge in [0, 0.05) is 35.1 Å². The smallest absolute Gasteiger partial charge is 0.346 e. The van der Waals surface area contributed by atoms with Crippen LogP contribution >= 0.6 is 11.3 Å². The second-order valence-corrected chi connectivity index (χ2v) is 12.2. The Balaban J connectivity index is 1.59. The molecule has 1 aliphatic rings. The molecule has 0 saturated carbocycles. The molecule has 38 heavy (non-hydrogen) atoms. The zero-order valence-electron chi connectivity index (χ0n) is 23.8. The third-order valence-corrected chi connectivity index (χ3v) is 10.4. The molecular weight excluding hydrogens is 488 g/mol. The summed E-state index contributed by atoms with van der Waals surface area (Å²) in [5, 5.41) is 4.31. The minimum Gasteiger partial charge on any atom is -0.422 e. The summed E-state index contributed by atoms with van der Waals surface area (Å²) < 4.78 is 7.14. The fourth-order valence-corrected chi connectivity index (χ4v) is 7.58. The van der Waals surface area contributed by atoms with E-state index in [1.807, 2.05) is 6.07 Å². The van der Waals surface area contributed by atoms with Crippen molar-refractivity contribution >= 4 is 49.0 Å². The molecule has 4 nitrogen and oxygen atoms in total. The molecular formula is C33H36N2O2S. The van der Waals surface area contributed by atoms with E-state index in [0.29, 0.717) is 17.2 Å². The Hall–Kier alpha value is -3.18. The fraction of sp³-hybridized carbons (Fsp3) is 0.394. The predicted molar refractivity (Wildman–Crippen MR) is 162 cm³/mol. The number of aromatic nitrogens is 1. The Labute approximate surface area is 228 Å². The summed E-state index contributed by atoms with van der Waals surface area (Å²) in [7, 11) is 0. The van der Waals surface area contributed by atoms with E-state index >= 15 is 0 Å². The first-order valence-electron chi connectivity index (χ1n) is 13.8. The summed E-state index contributed by atoms with van der Waals surface area (Å²) in [6.45, 7) is 18.8. The van der Waals surface area contributed by atoms with Crippen LogP contribution in [0, 0.1) is 41.5 Å². The lowest BCUT2D eigenvalue weighted by atomic mass is 9.87. The highest BCUT2D eigenvalue weighted by Crippen LogP contribution is 2.43. The first kappa shape index (κ1) is 25.1. The van der Waals surface area contributed by atoms with Crippen molar-refractivity contribution in [2.24, 2.45) is 0 Å². The van der Waals surface area contributed by atoms with E-state index in [2.05, 4.69) is 72.4 Å². The van der Waals surface area contributed by atoms with Crippen LogP contribution in [0.2, 0.25) is 0 Å². The normalized spacial score (nSPS) is 14.6. The fourth-order valence-electron chi connectivity index (χ4n) is 6.35. The average Bonchev–Trinajstić information content (AvgIpc) is 3.35. The highest BCUT2D eigenvalue weighted by Gasteiger charge is 2.24. The van der Waals surface area contributed by atoms with Crippen molar-refractivity contribution in [1.82, 2.24) is 4.98 Å². The molecule has 0 spiro atoms. The van der Waals surface area contributed by atoms with Gasteiger partial charge in [-0.3, -0.25) is 0 Å². The first-order chi connectivity index (χ1) is 18.1. The van der Waals surface area contributed by atoms with Crippen LogP contribution in [0.15, 0.2) is 27.4 Å². The van der Waals surface area contributed by atoms with Crippen molar-refractivity contribution < 1.29 is 4.42 Å². The lowest BCUT2D eigenvalue weighted by Crippen LogP contribution is -2.36. The first-order valence-corrected chi connectivity index (χ1v) is 14.6. The SMILES string of the molecule is CCC(C)N1CCCc2cc3cc(-c4nc5c(C)c(C)c6c(C)c(C)c(C)c(C)c6c5s4)c(=O)oc3cc21. The molecule has 0 N–H and O–H groups in total. The van der Waals surface area contributed by atoms with Crippen molar-refractivity contribution in [3.63, 3.8) is 0 Å². The third kappa shape index (κ3) is 3.54. The largest absolute Gasteiger partial charge is 0.422 e. The van der Waals surface area contributed by atoms with E-state index in [0.717, 1.165) is 46.4 Å². The van der Waals surface area contributed by atoms with Gasteiger partial charge in [-0.1, -0.05) is 6.92 Å². The molecule has 3 aromatic carbocycles. The van der Waals surface area contributed by atoms with E-state index in [1.54, 1.807) is 11.3 Å². The molecule has 0 amide bonds. The molecule has 0 fully saturated rings. The summed E-state index contributed by atoms with van der Waals surface area (Å²) in [6, 6.07) is 6.77. The van der Waals surface area contributed by atoms with Crippen LogP contribution in [-0.4, -0.2) is 17.6 Å². The maximum atomic E-state index is 13.4. The Morgan fingerprint density at radius 2 is 1.63 bits per heavy atom. The molecule has 1 aliphatic heterocycles. The highest BCUT2D eigenvalue weighted by molar-refractivity contribution is 7.22. The van der Waals surface area contributed by atoms with Crippen molar-refractivity contribution in [1.29, 1.82) is 0 Å². The molecule has 3 heterocycles. The number of rotatable bonds is 3. The second kappa shape index (κ2) is 8.94. The zero-order valence-corrected chi connectivity index (χ0v) is 24.6. The molecule has 1 atom stereocenters. The van der Waals surface area contributed by atoms with Gasteiger partial charge in [-0.15, -0.1) is 11.3 Å². The van der Waals surface area contributed by atoms with Gasteiger partial charge in [-0.25, -0.2) is 9.78 Å². The van der Waals surface area contributed by atoms with E-state index in [4.69, 9.17) is 9.40 Å². The molecule has 0 radical (unpaired) electrons. The summed E-state index contributed by atoms with van der Waals surface area (Å²) >= 11 is 1.62. The third-order valence-electron chi connectivity index (χ3n) is 9.28. The van der Waals surface area contributed by atoms with Gasteiger partial charge in [0.1, 0.15) is 10.6 Å². The minimum absolute atomic E-state index is 0.319. The molecule has 6 rings (SSSR count). The van der Waals surface area contributed by atoms with Crippen molar-refractivity contribution in [2.75, 3.05) is 11.4 Å². The Bertz CT molecular complexity index is 1840. The molecule has 5 aromatic rings. The maximum absolute atomic E-state index is 13.4. The summed E-state index contributed by atoms with van der Waals surface area (Å²) in [5.74, 6) is 0.